The van der Waals surface area contributed by atoms with Gasteiger partial charge in [0.15, 0.2) is 23.1 Å². The summed E-state index contributed by atoms with van der Waals surface area (Å²) in [5, 5.41) is 8.99. The summed E-state index contributed by atoms with van der Waals surface area (Å²) in [7, 11) is -4.02. The second kappa shape index (κ2) is 11.2. The first-order valence-corrected chi connectivity index (χ1v) is 13.4. The van der Waals surface area contributed by atoms with Gasteiger partial charge in [-0.2, -0.15) is 8.42 Å². The third-order valence-corrected chi connectivity index (χ3v) is 7.22. The number of anilines is 2. The quantitative estimate of drug-likeness (QED) is 0.203. The van der Waals surface area contributed by atoms with E-state index < -0.39 is 50.2 Å². The molecule has 1 saturated heterocycles. The van der Waals surface area contributed by atoms with Gasteiger partial charge in [0.05, 0.1) is 16.0 Å². The SMILES string of the molecule is Cc1ccc(S(=O)(=O)O)cc1.Nc1c(F)ccc(-n2cc(C(=O)O)c(=O)c3cc(F)c(N4CC[C@H](N)C4)nc32)c1F. The van der Waals surface area contributed by atoms with Crippen LogP contribution in [0.15, 0.2) is 58.4 Å². The molecule has 0 amide bonds. The predicted molar refractivity (Wildman–Crippen MR) is 144 cm³/mol. The largest absolute Gasteiger partial charge is 0.477 e. The van der Waals surface area contributed by atoms with Crippen LogP contribution in [-0.2, 0) is 10.1 Å². The van der Waals surface area contributed by atoms with E-state index in [9.17, 15) is 36.3 Å². The summed E-state index contributed by atoms with van der Waals surface area (Å²) in [6.07, 6.45) is 1.46. The van der Waals surface area contributed by atoms with Gasteiger partial charge >= 0.3 is 5.97 Å². The van der Waals surface area contributed by atoms with Gasteiger partial charge in [-0.15, -0.1) is 0 Å². The van der Waals surface area contributed by atoms with E-state index in [0.717, 1.165) is 34.5 Å². The number of aromatic carboxylic acids is 1. The van der Waals surface area contributed by atoms with E-state index in [-0.39, 0.29) is 33.5 Å². The first kappa shape index (κ1) is 29.5. The number of carboxylic acids is 1. The third kappa shape index (κ3) is 6.01. The van der Waals surface area contributed by atoms with Crippen LogP contribution in [-0.4, -0.2) is 52.7 Å². The summed E-state index contributed by atoms with van der Waals surface area (Å²) >= 11 is 0. The van der Waals surface area contributed by atoms with Gasteiger partial charge in [-0.05, 0) is 43.7 Å². The number of aromatic nitrogens is 2. The van der Waals surface area contributed by atoms with Crippen molar-refractivity contribution in [3.05, 3.63) is 87.5 Å². The molecule has 41 heavy (non-hydrogen) atoms. The van der Waals surface area contributed by atoms with E-state index in [4.69, 9.17) is 16.0 Å². The molecule has 1 aliphatic rings. The minimum atomic E-state index is -4.02. The maximum atomic E-state index is 14.8. The number of nitrogens with zero attached hydrogens (tertiary/aromatic N) is 3. The molecule has 6 N–H and O–H groups in total. The van der Waals surface area contributed by atoms with Gasteiger partial charge < -0.3 is 21.5 Å². The average molecular weight is 592 g/mol. The lowest BCUT2D eigenvalue weighted by Crippen LogP contribution is -2.28. The number of rotatable bonds is 4. The number of pyridine rings is 2. The molecule has 0 aliphatic carbocycles. The van der Waals surface area contributed by atoms with Crippen LogP contribution in [0.2, 0.25) is 0 Å². The molecule has 15 heteroatoms. The molecule has 5 rings (SSSR count). The summed E-state index contributed by atoms with van der Waals surface area (Å²) in [6.45, 7) is 2.59. The van der Waals surface area contributed by atoms with Crippen LogP contribution >= 0.6 is 0 Å². The average Bonchev–Trinajstić information content (AvgIpc) is 3.34. The van der Waals surface area contributed by atoms with E-state index >= 15 is 0 Å². The van der Waals surface area contributed by atoms with Crippen molar-refractivity contribution in [1.29, 1.82) is 0 Å². The fourth-order valence-electron chi connectivity index (χ4n) is 4.21. The Morgan fingerprint density at radius 3 is 2.32 bits per heavy atom. The number of nitrogens with two attached hydrogens (primary N) is 2. The van der Waals surface area contributed by atoms with Crippen molar-refractivity contribution in [2.45, 2.75) is 24.3 Å². The lowest BCUT2D eigenvalue weighted by atomic mass is 10.1. The fourth-order valence-corrected chi connectivity index (χ4v) is 4.69. The van der Waals surface area contributed by atoms with E-state index in [1.165, 1.54) is 12.1 Å². The monoisotopic (exact) mass is 591 g/mol. The molecule has 0 bridgehead atoms. The van der Waals surface area contributed by atoms with Gasteiger partial charge in [0.2, 0.25) is 5.43 Å². The number of benzene rings is 2. The molecule has 11 nitrogen and oxygen atoms in total. The topological polar surface area (TPSA) is 182 Å². The lowest BCUT2D eigenvalue weighted by Gasteiger charge is -2.20. The Balaban J connectivity index is 0.000000296. The molecule has 1 aliphatic heterocycles. The number of nitrogen functional groups attached to an aromatic ring is 1. The molecular weight excluding hydrogens is 567 g/mol. The number of halogens is 3. The zero-order chi connectivity index (χ0) is 30.2. The smallest absolute Gasteiger partial charge is 0.341 e. The molecule has 216 valence electrons. The van der Waals surface area contributed by atoms with E-state index in [2.05, 4.69) is 4.98 Å². The Kier molecular flexibility index (Phi) is 8.05. The minimum absolute atomic E-state index is 0.0666. The van der Waals surface area contributed by atoms with Crippen LogP contribution in [0.3, 0.4) is 0 Å². The molecule has 1 atom stereocenters. The Hall–Kier alpha value is -4.47. The second-order valence-corrected chi connectivity index (χ2v) is 10.7. The van der Waals surface area contributed by atoms with Gasteiger partial charge in [0.25, 0.3) is 10.1 Å². The molecule has 0 saturated carbocycles. The molecule has 0 unspecified atom stereocenters. The van der Waals surface area contributed by atoms with Gasteiger partial charge in [-0.3, -0.25) is 13.9 Å². The summed E-state index contributed by atoms with van der Waals surface area (Å²) < 4.78 is 73.6. The zero-order valence-electron chi connectivity index (χ0n) is 21.4. The molecule has 4 aromatic rings. The second-order valence-electron chi connectivity index (χ2n) is 9.29. The van der Waals surface area contributed by atoms with Crippen LogP contribution in [0.25, 0.3) is 16.7 Å². The number of aryl methyl sites for hydroxylation is 1. The molecule has 3 heterocycles. The third-order valence-electron chi connectivity index (χ3n) is 6.35. The highest BCUT2D eigenvalue weighted by atomic mass is 32.2. The first-order valence-electron chi connectivity index (χ1n) is 12.0. The fraction of sp³-hybridized carbons (Fsp3) is 0.192. The Morgan fingerprint density at radius 1 is 1.10 bits per heavy atom. The van der Waals surface area contributed by atoms with Crippen molar-refractivity contribution in [1.82, 2.24) is 9.55 Å². The predicted octanol–water partition coefficient (Wildman–Crippen LogP) is 2.86. The van der Waals surface area contributed by atoms with Crippen molar-refractivity contribution >= 4 is 38.6 Å². The number of fused-ring (bicyclic) bond motifs is 1. The van der Waals surface area contributed by atoms with Gasteiger partial charge in [-0.25, -0.2) is 22.9 Å². The van der Waals surface area contributed by atoms with Crippen molar-refractivity contribution in [3.63, 3.8) is 0 Å². The summed E-state index contributed by atoms with van der Waals surface area (Å²) in [4.78, 5) is 29.8. The normalized spacial score (nSPS) is 15.1. The molecule has 2 aromatic carbocycles. The van der Waals surface area contributed by atoms with Crippen molar-refractivity contribution < 1.29 is 36.0 Å². The standard InChI is InChI=1S/C19H16F3N5O3.C7H8O3S/c20-11-1-2-13(14(22)15(11)24)27-7-10(19(29)30)16(28)9-5-12(21)18(25-17(9)27)26-4-3-8(23)6-26;1-6-2-4-7(5-3-6)11(8,9)10/h1-2,5,7-8H,3-4,6,23-24H2,(H,29,30);2-5H,1H3,(H,8,9,10)/t8-;/m0./s1. The van der Waals surface area contributed by atoms with Gasteiger partial charge in [-0.1, -0.05) is 17.7 Å². The maximum Gasteiger partial charge on any atom is 0.341 e. The Labute approximate surface area is 231 Å². The van der Waals surface area contributed by atoms with Crippen LogP contribution in [0.1, 0.15) is 22.3 Å². The molecular formula is C26H24F3N5O6S. The van der Waals surface area contributed by atoms with Crippen LogP contribution in [0, 0.1) is 24.4 Å². The van der Waals surface area contributed by atoms with Crippen LogP contribution in [0.4, 0.5) is 24.7 Å². The first-order chi connectivity index (χ1) is 19.2. The van der Waals surface area contributed by atoms with E-state index in [1.54, 1.807) is 17.0 Å². The zero-order valence-corrected chi connectivity index (χ0v) is 22.2. The Morgan fingerprint density at radius 2 is 1.76 bits per heavy atom. The molecule has 0 radical (unpaired) electrons. The maximum absolute atomic E-state index is 14.8. The van der Waals surface area contributed by atoms with Gasteiger partial charge in [0, 0.05) is 25.3 Å². The molecule has 1 fully saturated rings. The summed E-state index contributed by atoms with van der Waals surface area (Å²) in [6, 6.07) is 8.57. The van der Waals surface area contributed by atoms with Crippen molar-refractivity contribution in [3.8, 4) is 5.69 Å². The van der Waals surface area contributed by atoms with E-state index in [1.807, 2.05) is 6.92 Å². The highest BCUT2D eigenvalue weighted by Gasteiger charge is 2.26. The number of carboxylic acid groups (broad SMARTS) is 1. The number of carbonyl (C=O) groups is 1. The Bertz CT molecular complexity index is 1830. The number of hydrogen-bond donors (Lipinski definition) is 4. The summed E-state index contributed by atoms with van der Waals surface area (Å²) in [5.74, 6) is -4.73. The van der Waals surface area contributed by atoms with Crippen molar-refractivity contribution in [2.24, 2.45) is 5.73 Å². The lowest BCUT2D eigenvalue weighted by molar-refractivity contribution is 0.0695. The number of hydrogen-bond acceptors (Lipinski definition) is 8. The van der Waals surface area contributed by atoms with E-state index in [0.29, 0.717) is 19.5 Å². The highest BCUT2D eigenvalue weighted by molar-refractivity contribution is 7.85. The summed E-state index contributed by atoms with van der Waals surface area (Å²) in [5.41, 5.74) is 9.18. The molecule has 2 aromatic heterocycles. The van der Waals surface area contributed by atoms with Crippen molar-refractivity contribution in [2.75, 3.05) is 23.7 Å². The van der Waals surface area contributed by atoms with Gasteiger partial charge in [0.1, 0.15) is 17.1 Å². The van der Waals surface area contributed by atoms with Crippen LogP contribution in [0.5, 0.6) is 0 Å². The highest BCUT2D eigenvalue weighted by Crippen LogP contribution is 2.28. The minimum Gasteiger partial charge on any atom is -0.477 e. The molecule has 0 spiro atoms. The van der Waals surface area contributed by atoms with Crippen LogP contribution < -0.4 is 21.8 Å².